The highest BCUT2D eigenvalue weighted by atomic mass is 19.1. The van der Waals surface area contributed by atoms with E-state index in [1.165, 1.54) is 6.07 Å². The Kier molecular flexibility index (Phi) is 5.16. The van der Waals surface area contributed by atoms with Gasteiger partial charge in [0.05, 0.1) is 11.1 Å². The first-order chi connectivity index (χ1) is 15.1. The summed E-state index contributed by atoms with van der Waals surface area (Å²) in [6.07, 6.45) is 4.75. The smallest absolute Gasteiger partial charge is 0.259 e. The van der Waals surface area contributed by atoms with Crippen LogP contribution in [0.5, 0.6) is 0 Å². The third kappa shape index (κ3) is 3.68. The van der Waals surface area contributed by atoms with Gasteiger partial charge in [0.1, 0.15) is 11.9 Å². The van der Waals surface area contributed by atoms with Gasteiger partial charge in [-0.15, -0.1) is 0 Å². The zero-order chi connectivity index (χ0) is 21.4. The van der Waals surface area contributed by atoms with Crippen molar-refractivity contribution in [3.63, 3.8) is 0 Å². The Morgan fingerprint density at radius 1 is 1.13 bits per heavy atom. The third-order valence-corrected chi connectivity index (χ3v) is 6.75. The van der Waals surface area contributed by atoms with E-state index in [2.05, 4.69) is 25.8 Å². The fourth-order valence-corrected chi connectivity index (χ4v) is 5.16. The summed E-state index contributed by atoms with van der Waals surface area (Å²) in [7, 11) is 0. The first-order valence-electron chi connectivity index (χ1n) is 10.8. The van der Waals surface area contributed by atoms with Crippen molar-refractivity contribution in [1.82, 2.24) is 14.9 Å². The Labute approximate surface area is 179 Å². The van der Waals surface area contributed by atoms with E-state index in [0.717, 1.165) is 56.8 Å². The summed E-state index contributed by atoms with van der Waals surface area (Å²) >= 11 is 0. The zero-order valence-electron chi connectivity index (χ0n) is 17.2. The number of rotatable bonds is 3. The van der Waals surface area contributed by atoms with Crippen molar-refractivity contribution in [2.24, 2.45) is 0 Å². The molecule has 1 aliphatic heterocycles. The topological polar surface area (TPSA) is 76.0 Å². The molecule has 31 heavy (non-hydrogen) atoms. The van der Waals surface area contributed by atoms with Gasteiger partial charge in [0, 0.05) is 50.0 Å². The number of halogens is 1. The molecule has 1 aliphatic carbocycles. The summed E-state index contributed by atoms with van der Waals surface area (Å²) in [4.78, 5) is 24.3. The quantitative estimate of drug-likeness (QED) is 0.707. The minimum Gasteiger partial charge on any atom is -0.367 e. The van der Waals surface area contributed by atoms with Gasteiger partial charge in [-0.05, 0) is 48.9 Å². The maximum atomic E-state index is 14.0. The predicted molar refractivity (Wildman–Crippen MR) is 118 cm³/mol. The van der Waals surface area contributed by atoms with Crippen LogP contribution in [0.4, 0.5) is 10.1 Å². The third-order valence-electron chi connectivity index (χ3n) is 6.75. The summed E-state index contributed by atoms with van der Waals surface area (Å²) < 4.78 is 14.0. The number of nitrogens with zero attached hydrogens (tertiary/aromatic N) is 4. The Morgan fingerprint density at radius 2 is 1.97 bits per heavy atom. The molecule has 0 amide bonds. The standard InChI is InChI=1S/C24H24FN5O/c25-19-4-1-3-17-14-20(28-24(31)23(17)19)16-6-7-18(13-16)29-9-11-30(12-10-29)22-5-2-8-27-21(22)15-26/h1-5,8,14,16,18H,6-7,9-13H2,(H,28,31)/t16-,18+/m1/s1. The van der Waals surface area contributed by atoms with Crippen molar-refractivity contribution >= 4 is 16.5 Å². The number of benzene rings is 1. The number of hydrogen-bond acceptors (Lipinski definition) is 5. The van der Waals surface area contributed by atoms with Crippen LogP contribution in [0.2, 0.25) is 0 Å². The number of H-pyrrole nitrogens is 1. The molecule has 0 unspecified atom stereocenters. The van der Waals surface area contributed by atoms with Crippen LogP contribution in [0.25, 0.3) is 10.8 Å². The maximum absolute atomic E-state index is 14.0. The van der Waals surface area contributed by atoms with Gasteiger partial charge >= 0.3 is 0 Å². The fourth-order valence-electron chi connectivity index (χ4n) is 5.16. The number of nitriles is 1. The molecule has 0 radical (unpaired) electrons. The van der Waals surface area contributed by atoms with Gasteiger partial charge in [-0.1, -0.05) is 12.1 Å². The SMILES string of the molecule is N#Cc1ncccc1N1CCN([C@H]2CC[C@@H](c3cc4cccc(F)c4c(=O)[nH]3)C2)CC1. The van der Waals surface area contributed by atoms with E-state index in [-0.39, 0.29) is 16.9 Å². The summed E-state index contributed by atoms with van der Waals surface area (Å²) in [5, 5.41) is 10.1. The van der Waals surface area contributed by atoms with Crippen LogP contribution in [-0.4, -0.2) is 47.1 Å². The van der Waals surface area contributed by atoms with Crippen molar-refractivity contribution in [2.75, 3.05) is 31.1 Å². The summed E-state index contributed by atoms with van der Waals surface area (Å²) in [5.41, 5.74) is 1.97. The molecule has 2 aromatic heterocycles. The fraction of sp³-hybridized carbons (Fsp3) is 0.375. The van der Waals surface area contributed by atoms with Crippen LogP contribution in [-0.2, 0) is 0 Å². The van der Waals surface area contributed by atoms with Gasteiger partial charge in [-0.2, -0.15) is 5.26 Å². The number of pyridine rings is 2. The highest BCUT2D eigenvalue weighted by molar-refractivity contribution is 5.82. The molecule has 3 aromatic rings. The van der Waals surface area contributed by atoms with Crippen LogP contribution in [0.15, 0.2) is 47.4 Å². The van der Waals surface area contributed by atoms with Crippen molar-refractivity contribution in [1.29, 1.82) is 5.26 Å². The number of aromatic nitrogens is 2. The minimum atomic E-state index is -0.472. The lowest BCUT2D eigenvalue weighted by Gasteiger charge is -2.39. The molecular formula is C24H24FN5O. The van der Waals surface area contributed by atoms with Crippen LogP contribution >= 0.6 is 0 Å². The first kappa shape index (κ1) is 19.7. The molecule has 0 bridgehead atoms. The molecule has 1 saturated heterocycles. The number of hydrogen-bond donors (Lipinski definition) is 1. The van der Waals surface area contributed by atoms with E-state index < -0.39 is 5.82 Å². The molecule has 0 spiro atoms. The predicted octanol–water partition coefficient (Wildman–Crippen LogP) is 3.39. The normalized spacial score (nSPS) is 22.0. The van der Waals surface area contributed by atoms with Crippen molar-refractivity contribution in [2.45, 2.75) is 31.2 Å². The van der Waals surface area contributed by atoms with E-state index >= 15 is 0 Å². The number of piperazine rings is 1. The Bertz CT molecular complexity index is 1210. The molecule has 2 fully saturated rings. The summed E-state index contributed by atoms with van der Waals surface area (Å²) in [5.74, 6) is -0.187. The van der Waals surface area contributed by atoms with Gasteiger partial charge in [0.25, 0.3) is 5.56 Å². The molecule has 5 rings (SSSR count). The molecular weight excluding hydrogens is 393 g/mol. The Hall–Kier alpha value is -3.24. The molecule has 2 aliphatic rings. The van der Waals surface area contributed by atoms with E-state index in [4.69, 9.17) is 0 Å². The zero-order valence-corrected chi connectivity index (χ0v) is 17.2. The van der Waals surface area contributed by atoms with Crippen LogP contribution in [0, 0.1) is 17.1 Å². The highest BCUT2D eigenvalue weighted by Crippen LogP contribution is 2.37. The molecule has 7 heteroatoms. The second kappa shape index (κ2) is 8.12. The molecule has 3 heterocycles. The highest BCUT2D eigenvalue weighted by Gasteiger charge is 2.33. The lowest BCUT2D eigenvalue weighted by Crippen LogP contribution is -2.50. The van der Waals surface area contributed by atoms with Gasteiger partial charge in [-0.3, -0.25) is 9.69 Å². The second-order valence-corrected chi connectivity index (χ2v) is 8.43. The number of nitrogens with one attached hydrogen (secondary N) is 1. The average molecular weight is 417 g/mol. The van der Waals surface area contributed by atoms with Crippen molar-refractivity contribution < 1.29 is 4.39 Å². The average Bonchev–Trinajstić information content (AvgIpc) is 3.29. The molecule has 2 atom stereocenters. The van der Waals surface area contributed by atoms with E-state index in [1.54, 1.807) is 18.3 Å². The number of aromatic amines is 1. The molecule has 1 N–H and O–H groups in total. The summed E-state index contributed by atoms with van der Waals surface area (Å²) in [6, 6.07) is 13.2. The lowest BCUT2D eigenvalue weighted by atomic mass is 10.00. The number of fused-ring (bicyclic) bond motifs is 1. The molecule has 1 aromatic carbocycles. The molecule has 158 valence electrons. The summed E-state index contributed by atoms with van der Waals surface area (Å²) in [6.45, 7) is 3.62. The van der Waals surface area contributed by atoms with Gasteiger partial charge in [-0.25, -0.2) is 9.37 Å². The monoisotopic (exact) mass is 417 g/mol. The first-order valence-corrected chi connectivity index (χ1v) is 10.8. The minimum absolute atomic E-state index is 0.143. The number of anilines is 1. The molecule has 1 saturated carbocycles. The Balaban J connectivity index is 1.26. The largest absolute Gasteiger partial charge is 0.367 e. The van der Waals surface area contributed by atoms with E-state index in [0.29, 0.717) is 17.1 Å². The van der Waals surface area contributed by atoms with Gasteiger partial charge < -0.3 is 9.88 Å². The van der Waals surface area contributed by atoms with Gasteiger partial charge in [0.15, 0.2) is 5.69 Å². The maximum Gasteiger partial charge on any atom is 0.259 e. The van der Waals surface area contributed by atoms with Crippen molar-refractivity contribution in [3.8, 4) is 6.07 Å². The van der Waals surface area contributed by atoms with E-state index in [1.807, 2.05) is 18.2 Å². The Morgan fingerprint density at radius 3 is 2.77 bits per heavy atom. The van der Waals surface area contributed by atoms with Crippen LogP contribution in [0.3, 0.4) is 0 Å². The van der Waals surface area contributed by atoms with Gasteiger partial charge in [0.2, 0.25) is 0 Å². The molecule has 6 nitrogen and oxygen atoms in total. The lowest BCUT2D eigenvalue weighted by molar-refractivity contribution is 0.186. The second-order valence-electron chi connectivity index (χ2n) is 8.43. The van der Waals surface area contributed by atoms with Crippen LogP contribution < -0.4 is 10.5 Å². The van der Waals surface area contributed by atoms with E-state index in [9.17, 15) is 14.4 Å². The van der Waals surface area contributed by atoms with Crippen molar-refractivity contribution in [3.05, 3.63) is 70.2 Å². The van der Waals surface area contributed by atoms with Crippen LogP contribution in [0.1, 0.15) is 36.6 Å².